The van der Waals surface area contributed by atoms with Gasteiger partial charge in [0.15, 0.2) is 0 Å². The molecule has 0 N–H and O–H groups in total. The van der Waals surface area contributed by atoms with E-state index in [4.69, 9.17) is 34.8 Å². The molecule has 1 aliphatic carbocycles. The second kappa shape index (κ2) is 5.93. The minimum atomic E-state index is -0.280. The van der Waals surface area contributed by atoms with E-state index in [2.05, 4.69) is 0 Å². The van der Waals surface area contributed by atoms with E-state index in [1.165, 1.54) is 12.1 Å². The third-order valence-corrected chi connectivity index (χ3v) is 4.80. The van der Waals surface area contributed by atoms with Crippen molar-refractivity contribution in [2.24, 2.45) is 0 Å². The summed E-state index contributed by atoms with van der Waals surface area (Å²) < 4.78 is 13.5. The maximum atomic E-state index is 13.5. The van der Waals surface area contributed by atoms with E-state index < -0.39 is 0 Å². The van der Waals surface area contributed by atoms with Gasteiger partial charge in [-0.05, 0) is 70.3 Å². The van der Waals surface area contributed by atoms with Crippen molar-refractivity contribution in [2.75, 3.05) is 0 Å². The van der Waals surface area contributed by atoms with Gasteiger partial charge in [-0.15, -0.1) is 0 Å². The van der Waals surface area contributed by atoms with Crippen LogP contribution in [0.3, 0.4) is 0 Å². The maximum absolute atomic E-state index is 13.5. The van der Waals surface area contributed by atoms with Gasteiger partial charge in [0.25, 0.3) is 0 Å². The minimum absolute atomic E-state index is 0.280. The molecule has 0 saturated carbocycles. The van der Waals surface area contributed by atoms with Gasteiger partial charge >= 0.3 is 0 Å². The Labute approximate surface area is 154 Å². The Hall–Kier alpha value is -1.80. The lowest BCUT2D eigenvalue weighted by Gasteiger charge is -2.05. The second-order valence-electron chi connectivity index (χ2n) is 5.61. The Kier molecular flexibility index (Phi) is 3.88. The molecule has 3 aromatic carbocycles. The van der Waals surface area contributed by atoms with Gasteiger partial charge in [0.05, 0.1) is 5.02 Å². The van der Waals surface area contributed by atoms with Crippen LogP contribution in [0.1, 0.15) is 16.7 Å². The average molecular weight is 376 g/mol. The zero-order valence-corrected chi connectivity index (χ0v) is 14.6. The molecule has 4 rings (SSSR count). The number of hydrogen-bond acceptors (Lipinski definition) is 0. The molecule has 4 heteroatoms. The van der Waals surface area contributed by atoms with Crippen LogP contribution in [-0.4, -0.2) is 0 Å². The minimum Gasteiger partial charge on any atom is -0.207 e. The van der Waals surface area contributed by atoms with Crippen LogP contribution in [-0.2, 0) is 0 Å². The van der Waals surface area contributed by atoms with Gasteiger partial charge in [0, 0.05) is 15.6 Å². The highest BCUT2D eigenvalue weighted by Crippen LogP contribution is 2.49. The van der Waals surface area contributed by atoms with Crippen LogP contribution >= 0.6 is 34.8 Å². The topological polar surface area (TPSA) is 0 Å². The Morgan fingerprint density at radius 3 is 2.33 bits per heavy atom. The summed E-state index contributed by atoms with van der Waals surface area (Å²) >= 11 is 18.8. The molecule has 0 atom stereocenters. The highest BCUT2D eigenvalue weighted by molar-refractivity contribution is 6.38. The molecule has 0 heterocycles. The summed E-state index contributed by atoms with van der Waals surface area (Å²) in [5.74, 6) is -0.280. The molecule has 0 nitrogen and oxygen atoms in total. The van der Waals surface area contributed by atoms with E-state index in [0.717, 1.165) is 33.4 Å². The molecule has 1 aliphatic rings. The molecule has 3 aromatic rings. The van der Waals surface area contributed by atoms with Crippen molar-refractivity contribution in [1.82, 2.24) is 0 Å². The van der Waals surface area contributed by atoms with E-state index >= 15 is 0 Å². The van der Waals surface area contributed by atoms with Crippen molar-refractivity contribution < 1.29 is 4.39 Å². The third-order valence-electron chi connectivity index (χ3n) is 4.05. The predicted molar refractivity (Wildman–Crippen MR) is 100 cm³/mol. The molecule has 0 bridgehead atoms. The van der Waals surface area contributed by atoms with Gasteiger partial charge in [-0.25, -0.2) is 4.39 Å². The highest BCUT2D eigenvalue weighted by Gasteiger charge is 2.26. The van der Waals surface area contributed by atoms with Gasteiger partial charge in [-0.3, -0.25) is 0 Å². The third kappa shape index (κ3) is 2.63. The van der Waals surface area contributed by atoms with Crippen molar-refractivity contribution in [3.05, 3.63) is 92.2 Å². The van der Waals surface area contributed by atoms with Gasteiger partial charge in [-0.2, -0.15) is 0 Å². The number of fused-ring (bicyclic) bond motifs is 3. The lowest BCUT2D eigenvalue weighted by molar-refractivity contribution is 0.627. The van der Waals surface area contributed by atoms with E-state index in [1.54, 1.807) is 12.1 Å². The lowest BCUT2D eigenvalue weighted by Crippen LogP contribution is -1.84. The number of hydrogen-bond donors (Lipinski definition) is 0. The fourth-order valence-electron chi connectivity index (χ4n) is 3.08. The molecule has 0 fully saturated rings. The van der Waals surface area contributed by atoms with Gasteiger partial charge < -0.3 is 0 Å². The molecule has 0 amide bonds. The molecule has 0 aromatic heterocycles. The Balaban J connectivity index is 2.03. The quantitative estimate of drug-likeness (QED) is 0.326. The van der Waals surface area contributed by atoms with E-state index in [0.29, 0.717) is 15.1 Å². The SMILES string of the molecule is Fc1cccc(C=C2c3cc(Cl)ccc3-c3c(Cl)cc(Cl)cc32)c1. The first-order valence-corrected chi connectivity index (χ1v) is 8.43. The van der Waals surface area contributed by atoms with Crippen LogP contribution in [0, 0.1) is 5.82 Å². The summed E-state index contributed by atoms with van der Waals surface area (Å²) in [5, 5.41) is 1.78. The summed E-state index contributed by atoms with van der Waals surface area (Å²) in [5.41, 5.74) is 5.51. The predicted octanol–water partition coefficient (Wildman–Crippen LogP) is 7.36. The van der Waals surface area contributed by atoms with Crippen LogP contribution in [0.15, 0.2) is 54.6 Å². The summed E-state index contributed by atoms with van der Waals surface area (Å²) in [6, 6.07) is 15.7. The van der Waals surface area contributed by atoms with Crippen molar-refractivity contribution >= 4 is 46.5 Å². The molecule has 0 saturated heterocycles. The standard InChI is InChI=1S/C20H10Cl3F/c21-12-4-5-15-17(8-12)16(7-11-2-1-3-14(24)6-11)18-9-13(22)10-19(23)20(15)18/h1-10H. The van der Waals surface area contributed by atoms with Crippen molar-refractivity contribution in [3.63, 3.8) is 0 Å². The Morgan fingerprint density at radius 1 is 0.750 bits per heavy atom. The van der Waals surface area contributed by atoms with Crippen LogP contribution in [0.5, 0.6) is 0 Å². The molecular formula is C20H10Cl3F. The monoisotopic (exact) mass is 374 g/mol. The zero-order valence-electron chi connectivity index (χ0n) is 12.3. The van der Waals surface area contributed by atoms with Crippen molar-refractivity contribution in [2.45, 2.75) is 0 Å². The number of benzene rings is 3. The molecule has 0 radical (unpaired) electrons. The van der Waals surface area contributed by atoms with Crippen molar-refractivity contribution in [3.8, 4) is 11.1 Å². The van der Waals surface area contributed by atoms with Crippen LogP contribution in [0.4, 0.5) is 4.39 Å². The molecule has 24 heavy (non-hydrogen) atoms. The number of halogens is 4. The van der Waals surface area contributed by atoms with Gasteiger partial charge in [0.2, 0.25) is 0 Å². The molecular weight excluding hydrogens is 366 g/mol. The van der Waals surface area contributed by atoms with E-state index in [1.807, 2.05) is 36.4 Å². The van der Waals surface area contributed by atoms with Crippen LogP contribution < -0.4 is 0 Å². The summed E-state index contributed by atoms with van der Waals surface area (Å²) in [6.07, 6.45) is 1.93. The fraction of sp³-hybridized carbons (Fsp3) is 0. The summed E-state index contributed by atoms with van der Waals surface area (Å²) in [4.78, 5) is 0. The maximum Gasteiger partial charge on any atom is 0.123 e. The van der Waals surface area contributed by atoms with Gasteiger partial charge in [-0.1, -0.05) is 53.0 Å². The summed E-state index contributed by atoms with van der Waals surface area (Å²) in [7, 11) is 0. The smallest absolute Gasteiger partial charge is 0.123 e. The van der Waals surface area contributed by atoms with E-state index in [-0.39, 0.29) is 5.82 Å². The normalized spacial score (nSPS) is 13.9. The fourth-order valence-corrected chi connectivity index (χ4v) is 3.85. The van der Waals surface area contributed by atoms with Crippen molar-refractivity contribution in [1.29, 1.82) is 0 Å². The molecule has 0 spiro atoms. The lowest BCUT2D eigenvalue weighted by atomic mass is 10.0. The first-order chi connectivity index (χ1) is 11.5. The Bertz CT molecular complexity index is 1010. The molecule has 0 unspecified atom stereocenters. The summed E-state index contributed by atoms with van der Waals surface area (Å²) in [6.45, 7) is 0. The van der Waals surface area contributed by atoms with Crippen LogP contribution in [0.25, 0.3) is 22.8 Å². The first-order valence-electron chi connectivity index (χ1n) is 7.30. The zero-order chi connectivity index (χ0) is 16.8. The Morgan fingerprint density at radius 2 is 1.54 bits per heavy atom. The second-order valence-corrected chi connectivity index (χ2v) is 6.89. The highest BCUT2D eigenvalue weighted by atomic mass is 35.5. The van der Waals surface area contributed by atoms with Crippen LogP contribution in [0.2, 0.25) is 15.1 Å². The first kappa shape index (κ1) is 15.7. The molecule has 118 valence electrons. The van der Waals surface area contributed by atoms with Gasteiger partial charge in [0.1, 0.15) is 5.82 Å². The molecule has 0 aliphatic heterocycles. The average Bonchev–Trinajstić information content (AvgIpc) is 2.81. The largest absolute Gasteiger partial charge is 0.207 e. The van der Waals surface area contributed by atoms with E-state index in [9.17, 15) is 4.39 Å². The number of rotatable bonds is 1.